The summed E-state index contributed by atoms with van der Waals surface area (Å²) in [5, 5.41) is 3.15. The van der Waals surface area contributed by atoms with Crippen LogP contribution in [0, 0.1) is 0 Å². The average molecular weight is 196 g/mol. The third kappa shape index (κ3) is 2.32. The molecular formula is C9H16N4O. The van der Waals surface area contributed by atoms with Crippen molar-refractivity contribution in [3.8, 4) is 0 Å². The Morgan fingerprint density at radius 2 is 2.50 bits per heavy atom. The van der Waals surface area contributed by atoms with Gasteiger partial charge in [-0.1, -0.05) is 6.92 Å². The van der Waals surface area contributed by atoms with Gasteiger partial charge in [-0.25, -0.2) is 4.98 Å². The van der Waals surface area contributed by atoms with Crippen LogP contribution in [0.3, 0.4) is 0 Å². The van der Waals surface area contributed by atoms with Crippen LogP contribution < -0.4 is 11.1 Å². The molecule has 1 rings (SSSR count). The van der Waals surface area contributed by atoms with Gasteiger partial charge in [0.2, 0.25) is 5.91 Å². The van der Waals surface area contributed by atoms with E-state index in [1.165, 1.54) is 0 Å². The van der Waals surface area contributed by atoms with Gasteiger partial charge in [-0.05, 0) is 13.5 Å². The number of carbonyl (C=O) groups excluding carboxylic acids is 1. The van der Waals surface area contributed by atoms with E-state index in [2.05, 4.69) is 10.3 Å². The van der Waals surface area contributed by atoms with Gasteiger partial charge in [0.1, 0.15) is 11.9 Å². The summed E-state index contributed by atoms with van der Waals surface area (Å²) in [6, 6.07) is -0.342. The van der Waals surface area contributed by atoms with Crippen LogP contribution in [0.4, 0.5) is 0 Å². The van der Waals surface area contributed by atoms with Gasteiger partial charge in [0, 0.05) is 12.4 Å². The van der Waals surface area contributed by atoms with Crippen molar-refractivity contribution in [3.05, 3.63) is 18.2 Å². The zero-order valence-corrected chi connectivity index (χ0v) is 8.53. The van der Waals surface area contributed by atoms with Gasteiger partial charge in [-0.2, -0.15) is 0 Å². The molecule has 3 N–H and O–H groups in total. The second-order valence-corrected chi connectivity index (χ2v) is 3.11. The van der Waals surface area contributed by atoms with Crippen molar-refractivity contribution in [1.29, 1.82) is 0 Å². The summed E-state index contributed by atoms with van der Waals surface area (Å²) in [6.45, 7) is 5.31. The fraction of sp³-hybridized carbons (Fsp3) is 0.556. The number of nitrogens with two attached hydrogens (primary N) is 1. The minimum absolute atomic E-state index is 0.342. The molecule has 5 nitrogen and oxygen atoms in total. The van der Waals surface area contributed by atoms with Crippen molar-refractivity contribution in [3.63, 3.8) is 0 Å². The highest BCUT2D eigenvalue weighted by molar-refractivity contribution is 5.77. The second kappa shape index (κ2) is 4.76. The number of hydrogen-bond donors (Lipinski definition) is 2. The second-order valence-electron chi connectivity index (χ2n) is 3.11. The molecule has 0 aliphatic carbocycles. The number of carbonyl (C=O) groups is 1. The Balaban J connectivity index is 2.76. The number of aromatic nitrogens is 2. The topological polar surface area (TPSA) is 72.9 Å². The molecule has 1 atom stereocenters. The third-order valence-corrected chi connectivity index (χ3v) is 2.11. The normalized spacial score (nSPS) is 12.7. The van der Waals surface area contributed by atoms with Gasteiger partial charge < -0.3 is 15.6 Å². The van der Waals surface area contributed by atoms with Crippen LogP contribution in [0.25, 0.3) is 0 Å². The smallest absolute Gasteiger partial charge is 0.240 e. The first-order valence-electron chi connectivity index (χ1n) is 4.68. The molecule has 1 heterocycles. The molecular weight excluding hydrogens is 180 g/mol. The zero-order valence-electron chi connectivity index (χ0n) is 8.53. The standard InChI is InChI=1S/C9H16N4O/c1-3-11-6-8-12-4-5-13(8)7(2)9(10)14/h4-5,7,11H,3,6H2,1-2H3,(H2,10,14). The molecule has 78 valence electrons. The highest BCUT2D eigenvalue weighted by Gasteiger charge is 2.13. The van der Waals surface area contributed by atoms with E-state index in [-0.39, 0.29) is 11.9 Å². The molecule has 1 unspecified atom stereocenters. The Morgan fingerprint density at radius 3 is 3.07 bits per heavy atom. The molecule has 0 radical (unpaired) electrons. The van der Waals surface area contributed by atoms with Crippen LogP contribution in [0.15, 0.2) is 12.4 Å². The summed E-state index contributed by atoms with van der Waals surface area (Å²) in [6.07, 6.45) is 3.44. The predicted octanol–water partition coefficient (Wildman–Crippen LogP) is 0.0389. The van der Waals surface area contributed by atoms with E-state index >= 15 is 0 Å². The number of nitrogens with one attached hydrogen (secondary N) is 1. The minimum atomic E-state index is -0.347. The van der Waals surface area contributed by atoms with Gasteiger partial charge in [0.15, 0.2) is 0 Å². The number of rotatable bonds is 5. The first kappa shape index (κ1) is 10.7. The number of hydrogen-bond acceptors (Lipinski definition) is 3. The lowest BCUT2D eigenvalue weighted by Gasteiger charge is -2.12. The average Bonchev–Trinajstić information content (AvgIpc) is 2.61. The van der Waals surface area contributed by atoms with Gasteiger partial charge in [0.25, 0.3) is 0 Å². The lowest BCUT2D eigenvalue weighted by atomic mass is 10.3. The van der Waals surface area contributed by atoms with Crippen molar-refractivity contribution < 1.29 is 4.79 Å². The maximum atomic E-state index is 11.0. The monoisotopic (exact) mass is 196 g/mol. The number of nitrogens with zero attached hydrogens (tertiary/aromatic N) is 2. The summed E-state index contributed by atoms with van der Waals surface area (Å²) in [5.74, 6) is 0.485. The van der Waals surface area contributed by atoms with E-state index in [0.717, 1.165) is 12.4 Å². The van der Waals surface area contributed by atoms with Crippen molar-refractivity contribution in [2.24, 2.45) is 5.73 Å². The predicted molar refractivity (Wildman–Crippen MR) is 53.5 cm³/mol. The van der Waals surface area contributed by atoms with E-state index < -0.39 is 0 Å². The van der Waals surface area contributed by atoms with Gasteiger partial charge >= 0.3 is 0 Å². The molecule has 0 bridgehead atoms. The SMILES string of the molecule is CCNCc1nccn1C(C)C(N)=O. The molecule has 1 amide bonds. The lowest BCUT2D eigenvalue weighted by Crippen LogP contribution is -2.26. The minimum Gasteiger partial charge on any atom is -0.368 e. The highest BCUT2D eigenvalue weighted by atomic mass is 16.1. The van der Waals surface area contributed by atoms with Crippen LogP contribution in [0.2, 0.25) is 0 Å². The van der Waals surface area contributed by atoms with Crippen LogP contribution >= 0.6 is 0 Å². The van der Waals surface area contributed by atoms with E-state index in [1.54, 1.807) is 23.9 Å². The molecule has 14 heavy (non-hydrogen) atoms. The van der Waals surface area contributed by atoms with E-state index in [1.807, 2.05) is 6.92 Å². The van der Waals surface area contributed by atoms with E-state index in [4.69, 9.17) is 5.73 Å². The van der Waals surface area contributed by atoms with Crippen LogP contribution in [0.5, 0.6) is 0 Å². The molecule has 0 saturated carbocycles. The Bertz CT molecular complexity index is 308. The van der Waals surface area contributed by atoms with Crippen LogP contribution in [-0.4, -0.2) is 22.0 Å². The van der Waals surface area contributed by atoms with Crippen molar-refractivity contribution in [2.75, 3.05) is 6.54 Å². The molecule has 0 aliphatic heterocycles. The summed E-state index contributed by atoms with van der Waals surface area (Å²) < 4.78 is 1.78. The Morgan fingerprint density at radius 1 is 1.79 bits per heavy atom. The molecule has 1 aromatic heterocycles. The van der Waals surface area contributed by atoms with E-state index in [0.29, 0.717) is 6.54 Å². The van der Waals surface area contributed by atoms with Crippen LogP contribution in [0.1, 0.15) is 25.7 Å². The van der Waals surface area contributed by atoms with Crippen molar-refractivity contribution in [1.82, 2.24) is 14.9 Å². The zero-order chi connectivity index (χ0) is 10.6. The van der Waals surface area contributed by atoms with Gasteiger partial charge in [-0.15, -0.1) is 0 Å². The fourth-order valence-corrected chi connectivity index (χ4v) is 1.21. The van der Waals surface area contributed by atoms with Gasteiger partial charge in [0.05, 0.1) is 6.54 Å². The van der Waals surface area contributed by atoms with E-state index in [9.17, 15) is 4.79 Å². The molecule has 0 saturated heterocycles. The molecule has 1 aromatic rings. The number of primary amides is 1. The van der Waals surface area contributed by atoms with Gasteiger partial charge in [-0.3, -0.25) is 4.79 Å². The summed E-state index contributed by atoms with van der Waals surface area (Å²) in [4.78, 5) is 15.1. The third-order valence-electron chi connectivity index (χ3n) is 2.11. The summed E-state index contributed by atoms with van der Waals surface area (Å²) in [5.41, 5.74) is 5.22. The Labute approximate surface area is 83.3 Å². The van der Waals surface area contributed by atoms with Crippen molar-refractivity contribution in [2.45, 2.75) is 26.4 Å². The molecule has 0 aromatic carbocycles. The number of amides is 1. The molecule has 0 spiro atoms. The Hall–Kier alpha value is -1.36. The quantitative estimate of drug-likeness (QED) is 0.698. The summed E-state index contributed by atoms with van der Waals surface area (Å²) >= 11 is 0. The fourth-order valence-electron chi connectivity index (χ4n) is 1.21. The first-order valence-corrected chi connectivity index (χ1v) is 4.68. The maximum Gasteiger partial charge on any atom is 0.240 e. The van der Waals surface area contributed by atoms with Crippen LogP contribution in [-0.2, 0) is 11.3 Å². The first-order chi connectivity index (χ1) is 6.66. The van der Waals surface area contributed by atoms with Crippen molar-refractivity contribution >= 4 is 5.91 Å². The number of imidazole rings is 1. The molecule has 0 fully saturated rings. The molecule has 5 heteroatoms. The highest BCUT2D eigenvalue weighted by Crippen LogP contribution is 2.08. The Kier molecular flexibility index (Phi) is 3.64. The largest absolute Gasteiger partial charge is 0.368 e. The summed E-state index contributed by atoms with van der Waals surface area (Å²) in [7, 11) is 0. The maximum absolute atomic E-state index is 11.0. The molecule has 0 aliphatic rings. The lowest BCUT2D eigenvalue weighted by molar-refractivity contribution is -0.120.